The number of primary amides is 1. The van der Waals surface area contributed by atoms with Gasteiger partial charge in [0.2, 0.25) is 5.91 Å². The van der Waals surface area contributed by atoms with Gasteiger partial charge in [-0.1, -0.05) is 0 Å². The van der Waals surface area contributed by atoms with E-state index in [2.05, 4.69) is 9.97 Å². The lowest BCUT2D eigenvalue weighted by atomic mass is 10.1. The van der Waals surface area contributed by atoms with Gasteiger partial charge in [0.25, 0.3) is 0 Å². The fraction of sp³-hybridized carbons (Fsp3) is 0.200. The molecule has 0 saturated carbocycles. The van der Waals surface area contributed by atoms with Crippen LogP contribution in [-0.4, -0.2) is 15.9 Å². The summed E-state index contributed by atoms with van der Waals surface area (Å²) in [5.41, 5.74) is 8.35. The van der Waals surface area contributed by atoms with Gasteiger partial charge in [0.1, 0.15) is 5.82 Å². The van der Waals surface area contributed by atoms with Gasteiger partial charge in [-0.15, -0.1) is 0 Å². The highest BCUT2D eigenvalue weighted by Crippen LogP contribution is 2.19. The van der Waals surface area contributed by atoms with Gasteiger partial charge >= 0.3 is 0 Å². The van der Waals surface area contributed by atoms with E-state index in [1.807, 2.05) is 19.9 Å². The first-order chi connectivity index (χ1) is 6.59. The zero-order chi connectivity index (χ0) is 10.3. The maximum Gasteiger partial charge on any atom is 0.249 e. The number of aromatic nitrogens is 2. The lowest BCUT2D eigenvalue weighted by molar-refractivity contribution is 0.1000. The first-order valence-electron chi connectivity index (χ1n) is 4.35. The van der Waals surface area contributed by atoms with Gasteiger partial charge in [0.15, 0.2) is 0 Å². The van der Waals surface area contributed by atoms with Gasteiger partial charge < -0.3 is 10.7 Å². The van der Waals surface area contributed by atoms with Crippen LogP contribution in [0.2, 0.25) is 0 Å². The predicted octanol–water partition coefficient (Wildman–Crippen LogP) is 1.28. The summed E-state index contributed by atoms with van der Waals surface area (Å²) in [7, 11) is 0. The third-order valence-electron chi connectivity index (χ3n) is 2.29. The molecule has 4 heteroatoms. The monoisotopic (exact) mass is 189 g/mol. The van der Waals surface area contributed by atoms with Crippen LogP contribution in [0.4, 0.5) is 0 Å². The quantitative estimate of drug-likeness (QED) is 0.709. The minimum atomic E-state index is -0.412. The van der Waals surface area contributed by atoms with Crippen LogP contribution in [-0.2, 0) is 0 Å². The van der Waals surface area contributed by atoms with Crippen molar-refractivity contribution in [1.82, 2.24) is 9.97 Å². The van der Waals surface area contributed by atoms with E-state index in [4.69, 9.17) is 5.73 Å². The molecule has 1 aromatic heterocycles. The van der Waals surface area contributed by atoms with E-state index in [-0.39, 0.29) is 0 Å². The number of nitrogens with two attached hydrogens (primary N) is 1. The molecule has 1 amide bonds. The van der Waals surface area contributed by atoms with Gasteiger partial charge in [-0.3, -0.25) is 4.79 Å². The standard InChI is InChI=1S/C10H11N3O/c1-5-7(10(11)14)3-4-8-9(5)13-6(2)12-8/h3-4H,1-2H3,(H2,11,14)(H,12,13). The molecule has 4 nitrogen and oxygen atoms in total. The van der Waals surface area contributed by atoms with Crippen molar-refractivity contribution in [3.8, 4) is 0 Å². The molecule has 3 N–H and O–H groups in total. The van der Waals surface area contributed by atoms with Crippen molar-refractivity contribution >= 4 is 16.9 Å². The van der Waals surface area contributed by atoms with E-state index in [0.29, 0.717) is 5.56 Å². The van der Waals surface area contributed by atoms with Gasteiger partial charge in [-0.2, -0.15) is 0 Å². The second kappa shape index (κ2) is 2.83. The lowest BCUT2D eigenvalue weighted by Gasteiger charge is -2.00. The van der Waals surface area contributed by atoms with E-state index < -0.39 is 5.91 Å². The highest BCUT2D eigenvalue weighted by molar-refractivity contribution is 5.98. The largest absolute Gasteiger partial charge is 0.366 e. The highest BCUT2D eigenvalue weighted by atomic mass is 16.1. The number of imidazole rings is 1. The van der Waals surface area contributed by atoms with Crippen molar-refractivity contribution < 1.29 is 4.79 Å². The van der Waals surface area contributed by atoms with Gasteiger partial charge in [0, 0.05) is 5.56 Å². The average Bonchev–Trinajstić information content (AvgIpc) is 2.46. The molecule has 1 aromatic carbocycles. The van der Waals surface area contributed by atoms with Gasteiger partial charge in [-0.05, 0) is 31.5 Å². The molecule has 0 atom stereocenters. The Bertz CT molecular complexity index is 513. The topological polar surface area (TPSA) is 71.8 Å². The minimum Gasteiger partial charge on any atom is -0.366 e. The van der Waals surface area contributed by atoms with E-state index in [1.165, 1.54) is 0 Å². The molecule has 0 spiro atoms. The molecule has 0 bridgehead atoms. The normalized spacial score (nSPS) is 10.7. The third-order valence-corrected chi connectivity index (χ3v) is 2.29. The van der Waals surface area contributed by atoms with Crippen molar-refractivity contribution in [2.45, 2.75) is 13.8 Å². The zero-order valence-corrected chi connectivity index (χ0v) is 8.09. The average molecular weight is 189 g/mol. The Morgan fingerprint density at radius 1 is 1.43 bits per heavy atom. The Labute approximate surface area is 81.1 Å². The van der Waals surface area contributed by atoms with Crippen LogP contribution in [0, 0.1) is 13.8 Å². The first-order valence-corrected chi connectivity index (χ1v) is 4.35. The van der Waals surface area contributed by atoms with Crippen LogP contribution in [0.3, 0.4) is 0 Å². The number of amides is 1. The molecule has 0 aliphatic rings. The van der Waals surface area contributed by atoms with Crippen LogP contribution in [0.25, 0.3) is 11.0 Å². The van der Waals surface area contributed by atoms with Crippen molar-refractivity contribution in [2.75, 3.05) is 0 Å². The number of hydrogen-bond donors (Lipinski definition) is 2. The number of carbonyl (C=O) groups excluding carboxylic acids is 1. The van der Waals surface area contributed by atoms with E-state index in [9.17, 15) is 4.79 Å². The predicted molar refractivity (Wildman–Crippen MR) is 54.1 cm³/mol. The van der Waals surface area contributed by atoms with Crippen LogP contribution in [0.1, 0.15) is 21.7 Å². The number of aryl methyl sites for hydroxylation is 2. The van der Waals surface area contributed by atoms with E-state index >= 15 is 0 Å². The summed E-state index contributed by atoms with van der Waals surface area (Å²) in [4.78, 5) is 18.5. The number of fused-ring (bicyclic) bond motifs is 1. The number of nitrogens with one attached hydrogen (secondary N) is 1. The minimum absolute atomic E-state index is 0.412. The highest BCUT2D eigenvalue weighted by Gasteiger charge is 2.10. The zero-order valence-electron chi connectivity index (χ0n) is 8.09. The second-order valence-electron chi connectivity index (χ2n) is 3.32. The maximum atomic E-state index is 11.1. The fourth-order valence-electron chi connectivity index (χ4n) is 1.60. The van der Waals surface area contributed by atoms with E-state index in [0.717, 1.165) is 22.4 Å². The number of aromatic amines is 1. The molecule has 2 aromatic rings. The summed E-state index contributed by atoms with van der Waals surface area (Å²) in [6.07, 6.45) is 0. The number of benzene rings is 1. The number of rotatable bonds is 1. The molecule has 0 fully saturated rings. The molecule has 0 unspecified atom stereocenters. The Hall–Kier alpha value is -1.84. The molecule has 0 aliphatic carbocycles. The molecular weight excluding hydrogens is 178 g/mol. The molecule has 0 radical (unpaired) electrons. The molecule has 1 heterocycles. The van der Waals surface area contributed by atoms with Crippen molar-refractivity contribution in [3.05, 3.63) is 29.1 Å². The van der Waals surface area contributed by atoms with Crippen molar-refractivity contribution in [3.63, 3.8) is 0 Å². The number of hydrogen-bond acceptors (Lipinski definition) is 2. The summed E-state index contributed by atoms with van der Waals surface area (Å²) >= 11 is 0. The first kappa shape index (κ1) is 8.74. The summed E-state index contributed by atoms with van der Waals surface area (Å²) in [6, 6.07) is 3.54. The SMILES string of the molecule is Cc1nc2c(C)c(C(N)=O)ccc2[nH]1. The van der Waals surface area contributed by atoms with Crippen LogP contribution in [0.5, 0.6) is 0 Å². The molecular formula is C10H11N3O. The summed E-state index contributed by atoms with van der Waals surface area (Å²) < 4.78 is 0. The third kappa shape index (κ3) is 1.16. The van der Waals surface area contributed by atoms with Crippen LogP contribution >= 0.6 is 0 Å². The molecule has 0 aliphatic heterocycles. The molecule has 14 heavy (non-hydrogen) atoms. The fourth-order valence-corrected chi connectivity index (χ4v) is 1.60. The molecule has 0 saturated heterocycles. The molecule has 2 rings (SSSR count). The Balaban J connectivity index is 2.80. The van der Waals surface area contributed by atoms with Crippen LogP contribution in [0.15, 0.2) is 12.1 Å². The smallest absolute Gasteiger partial charge is 0.249 e. The maximum absolute atomic E-state index is 11.1. The van der Waals surface area contributed by atoms with Gasteiger partial charge in [0.05, 0.1) is 11.0 Å². The Morgan fingerprint density at radius 3 is 2.79 bits per heavy atom. The van der Waals surface area contributed by atoms with Crippen LogP contribution < -0.4 is 5.73 Å². The molecule has 72 valence electrons. The summed E-state index contributed by atoms with van der Waals surface area (Å²) in [5, 5.41) is 0. The van der Waals surface area contributed by atoms with E-state index in [1.54, 1.807) is 6.07 Å². The van der Waals surface area contributed by atoms with Gasteiger partial charge in [-0.25, -0.2) is 4.98 Å². The second-order valence-corrected chi connectivity index (χ2v) is 3.32. The lowest BCUT2D eigenvalue weighted by Crippen LogP contribution is -2.12. The number of H-pyrrole nitrogens is 1. The van der Waals surface area contributed by atoms with Crippen molar-refractivity contribution in [2.24, 2.45) is 5.73 Å². The number of nitrogens with zero attached hydrogens (tertiary/aromatic N) is 1. The summed E-state index contributed by atoms with van der Waals surface area (Å²) in [5.74, 6) is 0.426. The Kier molecular flexibility index (Phi) is 1.77. The Morgan fingerprint density at radius 2 is 2.14 bits per heavy atom. The number of carbonyl (C=O) groups is 1. The van der Waals surface area contributed by atoms with Crippen molar-refractivity contribution in [1.29, 1.82) is 0 Å². The summed E-state index contributed by atoms with van der Waals surface area (Å²) in [6.45, 7) is 3.73.